The molecule has 2 N–H and O–H groups in total. The molecule has 0 atom stereocenters. The van der Waals surface area contributed by atoms with Gasteiger partial charge in [0.2, 0.25) is 0 Å². The van der Waals surface area contributed by atoms with Crippen LogP contribution in [-0.2, 0) is 5.41 Å². The average molecular weight is 239 g/mol. The summed E-state index contributed by atoms with van der Waals surface area (Å²) in [6.45, 7) is 9.01. The molecule has 0 heterocycles. The molecule has 0 saturated carbocycles. The second-order valence-corrected chi connectivity index (χ2v) is 5.81. The lowest BCUT2D eigenvalue weighted by Gasteiger charge is -2.28. The summed E-state index contributed by atoms with van der Waals surface area (Å²) in [6, 6.07) is 6.57. The van der Waals surface area contributed by atoms with Gasteiger partial charge in [-0.2, -0.15) is 0 Å². The van der Waals surface area contributed by atoms with Crippen LogP contribution in [-0.4, -0.2) is 23.8 Å². The van der Waals surface area contributed by atoms with Gasteiger partial charge in [-0.3, -0.25) is 0 Å². The van der Waals surface area contributed by atoms with Crippen LogP contribution < -0.4 is 5.32 Å². The fourth-order valence-corrected chi connectivity index (χ4v) is 1.68. The van der Waals surface area contributed by atoms with Gasteiger partial charge in [0.25, 0.3) is 0 Å². The first-order valence-corrected chi connectivity index (χ1v) is 5.90. The second-order valence-electron chi connectivity index (χ2n) is 5.81. The van der Waals surface area contributed by atoms with Gasteiger partial charge in [0.05, 0.1) is 5.60 Å². The monoisotopic (exact) mass is 239 g/mol. The van der Waals surface area contributed by atoms with Gasteiger partial charge in [0.1, 0.15) is 5.82 Å². The minimum absolute atomic E-state index is 0.0844. The maximum Gasteiger partial charge on any atom is 0.123 e. The lowest BCUT2D eigenvalue weighted by atomic mass is 9.84. The van der Waals surface area contributed by atoms with E-state index in [2.05, 4.69) is 19.2 Å². The van der Waals surface area contributed by atoms with E-state index >= 15 is 0 Å². The summed E-state index contributed by atoms with van der Waals surface area (Å²) in [7, 11) is 0. The van der Waals surface area contributed by atoms with Crippen molar-refractivity contribution < 1.29 is 9.50 Å². The predicted molar refractivity (Wildman–Crippen MR) is 68.6 cm³/mol. The Labute approximate surface area is 103 Å². The molecule has 0 aliphatic carbocycles. The molecular weight excluding hydrogens is 217 g/mol. The van der Waals surface area contributed by atoms with Crippen molar-refractivity contribution in [2.45, 2.75) is 38.7 Å². The molecule has 0 bridgehead atoms. The molecular formula is C14H22FNO. The van der Waals surface area contributed by atoms with E-state index in [-0.39, 0.29) is 11.2 Å². The Morgan fingerprint density at radius 3 is 2.06 bits per heavy atom. The molecule has 0 aliphatic heterocycles. The number of benzene rings is 1. The summed E-state index contributed by atoms with van der Waals surface area (Å²) in [6.07, 6.45) is 0. The molecule has 1 rings (SSSR count). The van der Waals surface area contributed by atoms with Crippen LogP contribution in [0.3, 0.4) is 0 Å². The highest BCUT2D eigenvalue weighted by molar-refractivity contribution is 5.24. The molecule has 17 heavy (non-hydrogen) atoms. The summed E-state index contributed by atoms with van der Waals surface area (Å²) < 4.78 is 12.8. The Morgan fingerprint density at radius 1 is 1.06 bits per heavy atom. The van der Waals surface area contributed by atoms with Gasteiger partial charge in [-0.05, 0) is 31.5 Å². The average Bonchev–Trinajstić information content (AvgIpc) is 2.15. The molecule has 0 unspecified atom stereocenters. The van der Waals surface area contributed by atoms with Gasteiger partial charge in [-0.15, -0.1) is 0 Å². The SMILES string of the molecule is CC(C)(O)CNCC(C)(C)c1ccc(F)cc1. The Bertz CT molecular complexity index is 351. The smallest absolute Gasteiger partial charge is 0.123 e. The number of halogens is 1. The summed E-state index contributed by atoms with van der Waals surface area (Å²) >= 11 is 0. The highest BCUT2D eigenvalue weighted by atomic mass is 19.1. The summed E-state index contributed by atoms with van der Waals surface area (Å²) in [5.41, 5.74) is 0.291. The molecule has 0 aliphatic rings. The molecule has 0 fully saturated rings. The predicted octanol–water partition coefficient (Wildman–Crippen LogP) is 2.46. The zero-order valence-electron chi connectivity index (χ0n) is 11.0. The van der Waals surface area contributed by atoms with Crippen LogP contribution in [0.5, 0.6) is 0 Å². The van der Waals surface area contributed by atoms with E-state index in [4.69, 9.17) is 0 Å². The third-order valence-electron chi connectivity index (χ3n) is 2.75. The second kappa shape index (κ2) is 5.15. The van der Waals surface area contributed by atoms with Crippen molar-refractivity contribution in [3.05, 3.63) is 35.6 Å². The van der Waals surface area contributed by atoms with Crippen LogP contribution in [0.1, 0.15) is 33.3 Å². The third kappa shape index (κ3) is 4.84. The molecule has 3 heteroatoms. The Balaban J connectivity index is 2.59. The minimum Gasteiger partial charge on any atom is -0.389 e. The molecule has 1 aromatic carbocycles. The Morgan fingerprint density at radius 2 is 1.59 bits per heavy atom. The van der Waals surface area contributed by atoms with Crippen molar-refractivity contribution in [1.29, 1.82) is 0 Å². The third-order valence-corrected chi connectivity index (χ3v) is 2.75. The molecule has 96 valence electrons. The lowest BCUT2D eigenvalue weighted by Crippen LogP contribution is -2.41. The van der Waals surface area contributed by atoms with Crippen molar-refractivity contribution in [2.75, 3.05) is 13.1 Å². The minimum atomic E-state index is -0.709. The first-order chi connectivity index (χ1) is 7.71. The van der Waals surface area contributed by atoms with Crippen molar-refractivity contribution in [3.8, 4) is 0 Å². The first kappa shape index (κ1) is 14.1. The molecule has 0 saturated heterocycles. The summed E-state index contributed by atoms with van der Waals surface area (Å²) in [5, 5.41) is 12.8. The number of aliphatic hydroxyl groups is 1. The van der Waals surface area contributed by atoms with Crippen molar-refractivity contribution in [2.24, 2.45) is 0 Å². The van der Waals surface area contributed by atoms with Crippen molar-refractivity contribution in [3.63, 3.8) is 0 Å². The van der Waals surface area contributed by atoms with E-state index in [1.807, 2.05) is 0 Å². The van der Waals surface area contributed by atoms with Crippen LogP contribution in [0.15, 0.2) is 24.3 Å². The Kier molecular flexibility index (Phi) is 4.28. The van der Waals surface area contributed by atoms with E-state index in [0.29, 0.717) is 6.54 Å². The Hall–Kier alpha value is -0.930. The maximum atomic E-state index is 12.8. The normalized spacial score (nSPS) is 12.8. The number of hydrogen-bond acceptors (Lipinski definition) is 2. The number of hydrogen-bond donors (Lipinski definition) is 2. The van der Waals surface area contributed by atoms with E-state index in [9.17, 15) is 9.50 Å². The number of rotatable bonds is 5. The van der Waals surface area contributed by atoms with Gasteiger partial charge in [-0.25, -0.2) is 4.39 Å². The summed E-state index contributed by atoms with van der Waals surface area (Å²) in [5.74, 6) is -0.214. The highest BCUT2D eigenvalue weighted by Crippen LogP contribution is 2.22. The molecule has 0 aromatic heterocycles. The molecule has 0 spiro atoms. The lowest BCUT2D eigenvalue weighted by molar-refractivity contribution is 0.0785. The first-order valence-electron chi connectivity index (χ1n) is 5.90. The standard InChI is InChI=1S/C14H22FNO/c1-13(2,9-16-10-14(3,4)17)11-5-7-12(15)8-6-11/h5-8,16-17H,9-10H2,1-4H3. The van der Waals surface area contributed by atoms with Crippen molar-refractivity contribution >= 4 is 0 Å². The van der Waals surface area contributed by atoms with Crippen LogP contribution in [0.4, 0.5) is 4.39 Å². The highest BCUT2D eigenvalue weighted by Gasteiger charge is 2.21. The largest absolute Gasteiger partial charge is 0.389 e. The maximum absolute atomic E-state index is 12.8. The van der Waals surface area contributed by atoms with E-state index in [1.54, 1.807) is 26.0 Å². The zero-order chi connectivity index (χ0) is 13.1. The van der Waals surface area contributed by atoms with Crippen molar-refractivity contribution in [1.82, 2.24) is 5.32 Å². The van der Waals surface area contributed by atoms with Crippen LogP contribution in [0.2, 0.25) is 0 Å². The van der Waals surface area contributed by atoms with Gasteiger partial charge < -0.3 is 10.4 Å². The van der Waals surface area contributed by atoms with E-state index < -0.39 is 5.60 Å². The number of nitrogens with one attached hydrogen (secondary N) is 1. The molecule has 0 amide bonds. The molecule has 0 radical (unpaired) electrons. The van der Waals surface area contributed by atoms with E-state index in [1.165, 1.54) is 12.1 Å². The zero-order valence-corrected chi connectivity index (χ0v) is 11.0. The van der Waals surface area contributed by atoms with Crippen LogP contribution >= 0.6 is 0 Å². The van der Waals surface area contributed by atoms with Gasteiger partial charge >= 0.3 is 0 Å². The molecule has 1 aromatic rings. The summed E-state index contributed by atoms with van der Waals surface area (Å²) in [4.78, 5) is 0. The van der Waals surface area contributed by atoms with Gasteiger partial charge in [0.15, 0.2) is 0 Å². The van der Waals surface area contributed by atoms with Gasteiger partial charge in [-0.1, -0.05) is 26.0 Å². The van der Waals surface area contributed by atoms with Crippen LogP contribution in [0.25, 0.3) is 0 Å². The van der Waals surface area contributed by atoms with Gasteiger partial charge in [0, 0.05) is 18.5 Å². The topological polar surface area (TPSA) is 32.3 Å². The fourth-order valence-electron chi connectivity index (χ4n) is 1.68. The van der Waals surface area contributed by atoms with Crippen LogP contribution in [0, 0.1) is 5.82 Å². The fraction of sp³-hybridized carbons (Fsp3) is 0.571. The van der Waals surface area contributed by atoms with E-state index in [0.717, 1.165) is 12.1 Å². The molecule has 2 nitrogen and oxygen atoms in total. The quantitative estimate of drug-likeness (QED) is 0.827.